The van der Waals surface area contributed by atoms with E-state index in [1.54, 1.807) is 24.1 Å². The van der Waals surface area contributed by atoms with Gasteiger partial charge in [0.15, 0.2) is 11.7 Å². The Morgan fingerprint density at radius 1 is 1.19 bits per heavy atom. The van der Waals surface area contributed by atoms with E-state index >= 15 is 0 Å². The van der Waals surface area contributed by atoms with E-state index in [-0.39, 0.29) is 11.8 Å². The number of hydrogen-bond acceptors (Lipinski definition) is 4. The summed E-state index contributed by atoms with van der Waals surface area (Å²) in [6, 6.07) is 3.76. The van der Waals surface area contributed by atoms with Gasteiger partial charge in [-0.2, -0.15) is 0 Å². The van der Waals surface area contributed by atoms with Crippen LogP contribution >= 0.6 is 0 Å². The summed E-state index contributed by atoms with van der Waals surface area (Å²) in [6.45, 7) is 3.17. The zero-order valence-electron chi connectivity index (χ0n) is 15.9. The Labute approximate surface area is 160 Å². The van der Waals surface area contributed by atoms with Crippen LogP contribution in [0.4, 0.5) is 0 Å². The summed E-state index contributed by atoms with van der Waals surface area (Å²) in [4.78, 5) is 32.5. The Bertz CT molecular complexity index is 644. The summed E-state index contributed by atoms with van der Waals surface area (Å²) < 4.78 is 5.19. The second-order valence-corrected chi connectivity index (χ2v) is 7.03. The number of piperazine rings is 1. The molecule has 2 amide bonds. The van der Waals surface area contributed by atoms with Crippen LogP contribution in [0.15, 0.2) is 27.8 Å². The molecule has 0 spiro atoms. The van der Waals surface area contributed by atoms with Crippen LogP contribution in [0.3, 0.4) is 0 Å². The number of guanidine groups is 1. The fourth-order valence-electron chi connectivity index (χ4n) is 3.67. The van der Waals surface area contributed by atoms with E-state index in [0.29, 0.717) is 50.9 Å². The number of nitrogens with one attached hydrogen (secondary N) is 2. The van der Waals surface area contributed by atoms with E-state index in [4.69, 9.17) is 4.42 Å². The molecule has 27 heavy (non-hydrogen) atoms. The molecule has 1 saturated heterocycles. The Kier molecular flexibility index (Phi) is 6.73. The molecule has 1 aliphatic heterocycles. The largest absolute Gasteiger partial charge is 0.459 e. The predicted octanol–water partition coefficient (Wildman–Crippen LogP) is 1.06. The van der Waals surface area contributed by atoms with Gasteiger partial charge >= 0.3 is 0 Å². The Balaban J connectivity index is 1.38. The van der Waals surface area contributed by atoms with Gasteiger partial charge in [0.25, 0.3) is 5.91 Å². The van der Waals surface area contributed by atoms with Crippen molar-refractivity contribution in [1.29, 1.82) is 0 Å². The lowest BCUT2D eigenvalue weighted by Crippen LogP contribution is -2.54. The molecular formula is C19H29N5O3. The molecule has 2 heterocycles. The average molecular weight is 375 g/mol. The van der Waals surface area contributed by atoms with E-state index in [1.807, 2.05) is 0 Å². The van der Waals surface area contributed by atoms with E-state index in [0.717, 1.165) is 18.8 Å². The molecule has 8 nitrogen and oxygen atoms in total. The van der Waals surface area contributed by atoms with E-state index in [2.05, 4.69) is 20.5 Å². The highest BCUT2D eigenvalue weighted by molar-refractivity contribution is 5.91. The minimum absolute atomic E-state index is 0.0776. The number of furan rings is 1. The third-order valence-electron chi connectivity index (χ3n) is 5.17. The van der Waals surface area contributed by atoms with Crippen LogP contribution in [0.25, 0.3) is 0 Å². The van der Waals surface area contributed by atoms with Crippen molar-refractivity contribution in [3.63, 3.8) is 0 Å². The first-order valence-electron chi connectivity index (χ1n) is 9.75. The average Bonchev–Trinajstić information content (AvgIpc) is 3.39. The molecule has 1 aromatic rings. The van der Waals surface area contributed by atoms with Crippen molar-refractivity contribution in [2.24, 2.45) is 4.99 Å². The fourth-order valence-corrected chi connectivity index (χ4v) is 3.67. The first kappa shape index (κ1) is 19.3. The minimum atomic E-state index is -0.0776. The van der Waals surface area contributed by atoms with E-state index in [9.17, 15) is 9.59 Å². The van der Waals surface area contributed by atoms with Gasteiger partial charge in [-0.1, -0.05) is 12.8 Å². The summed E-state index contributed by atoms with van der Waals surface area (Å²) >= 11 is 0. The van der Waals surface area contributed by atoms with Gasteiger partial charge in [-0.15, -0.1) is 0 Å². The fraction of sp³-hybridized carbons (Fsp3) is 0.632. The van der Waals surface area contributed by atoms with Crippen LogP contribution in [-0.4, -0.2) is 73.4 Å². The van der Waals surface area contributed by atoms with Crippen molar-refractivity contribution < 1.29 is 14.0 Å². The second-order valence-electron chi connectivity index (χ2n) is 7.03. The molecular weight excluding hydrogens is 346 g/mol. The van der Waals surface area contributed by atoms with Crippen molar-refractivity contribution in [1.82, 2.24) is 20.4 Å². The SMILES string of the molecule is CN=C(NCCC(=O)NC1CCCC1)N1CCN(C(=O)c2ccco2)CC1. The number of rotatable bonds is 5. The van der Waals surface area contributed by atoms with Crippen molar-refractivity contribution in [2.45, 2.75) is 38.1 Å². The molecule has 0 aromatic carbocycles. The van der Waals surface area contributed by atoms with Gasteiger partial charge in [-0.25, -0.2) is 0 Å². The third kappa shape index (κ3) is 5.24. The highest BCUT2D eigenvalue weighted by Gasteiger charge is 2.25. The summed E-state index contributed by atoms with van der Waals surface area (Å²) in [5, 5.41) is 6.36. The number of carbonyl (C=O) groups is 2. The van der Waals surface area contributed by atoms with Crippen molar-refractivity contribution in [3.05, 3.63) is 24.2 Å². The van der Waals surface area contributed by atoms with Gasteiger partial charge in [0.05, 0.1) is 6.26 Å². The van der Waals surface area contributed by atoms with Crippen LogP contribution in [0.1, 0.15) is 42.7 Å². The second kappa shape index (κ2) is 9.43. The van der Waals surface area contributed by atoms with Crippen LogP contribution in [0, 0.1) is 0 Å². The Morgan fingerprint density at radius 3 is 2.52 bits per heavy atom. The molecule has 1 saturated carbocycles. The summed E-state index contributed by atoms with van der Waals surface area (Å²) in [7, 11) is 1.74. The summed E-state index contributed by atoms with van der Waals surface area (Å²) in [5.41, 5.74) is 0. The van der Waals surface area contributed by atoms with Crippen LogP contribution in [-0.2, 0) is 4.79 Å². The van der Waals surface area contributed by atoms with Gasteiger partial charge < -0.3 is 24.9 Å². The third-order valence-corrected chi connectivity index (χ3v) is 5.17. The Hall–Kier alpha value is -2.51. The number of carbonyl (C=O) groups excluding carboxylic acids is 2. The first-order chi connectivity index (χ1) is 13.2. The molecule has 3 rings (SSSR count). The number of hydrogen-bond donors (Lipinski definition) is 2. The van der Waals surface area contributed by atoms with Gasteiger partial charge in [-0.05, 0) is 25.0 Å². The van der Waals surface area contributed by atoms with E-state index in [1.165, 1.54) is 19.1 Å². The molecule has 8 heteroatoms. The molecule has 0 atom stereocenters. The lowest BCUT2D eigenvalue weighted by molar-refractivity contribution is -0.121. The number of amides is 2. The molecule has 2 aliphatic rings. The van der Waals surface area contributed by atoms with Gasteiger partial charge in [0.2, 0.25) is 5.91 Å². The highest BCUT2D eigenvalue weighted by atomic mass is 16.3. The maximum absolute atomic E-state index is 12.3. The molecule has 0 bridgehead atoms. The smallest absolute Gasteiger partial charge is 0.289 e. The van der Waals surface area contributed by atoms with Crippen molar-refractivity contribution >= 4 is 17.8 Å². The van der Waals surface area contributed by atoms with Crippen molar-refractivity contribution in [3.8, 4) is 0 Å². The molecule has 1 aromatic heterocycles. The molecule has 2 fully saturated rings. The normalized spacial score (nSPS) is 18.6. The summed E-state index contributed by atoms with van der Waals surface area (Å²) in [5.74, 6) is 1.16. The van der Waals surface area contributed by atoms with Crippen LogP contribution in [0.2, 0.25) is 0 Å². The summed E-state index contributed by atoms with van der Waals surface area (Å²) in [6.07, 6.45) is 6.57. The molecule has 0 unspecified atom stereocenters. The van der Waals surface area contributed by atoms with Gasteiger partial charge in [0, 0.05) is 52.2 Å². The standard InChI is InChI=1S/C19H29N5O3/c1-20-19(21-9-8-17(25)22-15-5-2-3-6-15)24-12-10-23(11-13-24)18(26)16-7-4-14-27-16/h4,7,14-15H,2-3,5-6,8-13H2,1H3,(H,20,21)(H,22,25). The zero-order valence-corrected chi connectivity index (χ0v) is 15.9. The zero-order chi connectivity index (χ0) is 19.1. The maximum Gasteiger partial charge on any atom is 0.289 e. The van der Waals surface area contributed by atoms with Crippen LogP contribution < -0.4 is 10.6 Å². The quantitative estimate of drug-likeness (QED) is 0.593. The predicted molar refractivity (Wildman–Crippen MR) is 103 cm³/mol. The number of nitrogens with zero attached hydrogens (tertiary/aromatic N) is 3. The highest BCUT2D eigenvalue weighted by Crippen LogP contribution is 2.17. The lowest BCUT2D eigenvalue weighted by atomic mass is 10.2. The monoisotopic (exact) mass is 375 g/mol. The molecule has 148 valence electrons. The molecule has 1 aliphatic carbocycles. The lowest BCUT2D eigenvalue weighted by Gasteiger charge is -2.36. The first-order valence-corrected chi connectivity index (χ1v) is 9.75. The van der Waals surface area contributed by atoms with Gasteiger partial charge in [-0.3, -0.25) is 14.6 Å². The number of aliphatic imine (C=N–C) groups is 1. The molecule has 2 N–H and O–H groups in total. The molecule has 0 radical (unpaired) electrons. The minimum Gasteiger partial charge on any atom is -0.459 e. The van der Waals surface area contributed by atoms with Crippen LogP contribution in [0.5, 0.6) is 0 Å². The van der Waals surface area contributed by atoms with E-state index < -0.39 is 0 Å². The topological polar surface area (TPSA) is 90.2 Å². The maximum atomic E-state index is 12.3. The van der Waals surface area contributed by atoms with Gasteiger partial charge in [0.1, 0.15) is 0 Å². The Morgan fingerprint density at radius 2 is 1.89 bits per heavy atom. The van der Waals surface area contributed by atoms with Crippen molar-refractivity contribution in [2.75, 3.05) is 39.8 Å².